The Bertz CT molecular complexity index is 604. The van der Waals surface area contributed by atoms with E-state index in [1.54, 1.807) is 10.6 Å². The van der Waals surface area contributed by atoms with E-state index in [1.165, 1.54) is 11.3 Å². The van der Waals surface area contributed by atoms with Gasteiger partial charge in [0.1, 0.15) is 11.8 Å². The molecule has 4 nitrogen and oxygen atoms in total. The Morgan fingerprint density at radius 3 is 2.88 bits per heavy atom. The Morgan fingerprint density at radius 2 is 2.41 bits per heavy atom. The molecular weight excluding hydrogens is 234 g/mol. The molecule has 0 fully saturated rings. The van der Waals surface area contributed by atoms with Crippen LogP contribution in [0.15, 0.2) is 11.4 Å². The van der Waals surface area contributed by atoms with Gasteiger partial charge in [0, 0.05) is 16.6 Å². The van der Waals surface area contributed by atoms with Crippen LogP contribution in [-0.2, 0) is 6.42 Å². The molecule has 2 heterocycles. The molecule has 0 saturated carbocycles. The van der Waals surface area contributed by atoms with E-state index in [2.05, 4.69) is 11.1 Å². The van der Waals surface area contributed by atoms with Gasteiger partial charge in [0.2, 0.25) is 0 Å². The van der Waals surface area contributed by atoms with Crippen molar-refractivity contribution < 1.29 is 4.79 Å². The van der Waals surface area contributed by atoms with Gasteiger partial charge >= 0.3 is 0 Å². The highest BCUT2D eigenvalue weighted by molar-refractivity contribution is 7.12. The van der Waals surface area contributed by atoms with Crippen LogP contribution < -0.4 is 0 Å². The van der Waals surface area contributed by atoms with Crippen molar-refractivity contribution in [3.8, 4) is 11.2 Å². The topological polar surface area (TPSA) is 58.7 Å². The van der Waals surface area contributed by atoms with Crippen LogP contribution >= 0.6 is 11.3 Å². The predicted octanol–water partition coefficient (Wildman–Crippen LogP) is 2.49. The van der Waals surface area contributed by atoms with E-state index in [9.17, 15) is 4.79 Å². The first kappa shape index (κ1) is 11.6. The summed E-state index contributed by atoms with van der Waals surface area (Å²) in [6.07, 6.45) is 1.48. The Hall–Kier alpha value is -1.93. The Labute approximate surface area is 103 Å². The first-order valence-corrected chi connectivity index (χ1v) is 6.11. The second kappa shape index (κ2) is 4.52. The van der Waals surface area contributed by atoms with Crippen molar-refractivity contribution in [3.05, 3.63) is 34.1 Å². The van der Waals surface area contributed by atoms with Crippen LogP contribution in [0.4, 0.5) is 0 Å². The fraction of sp³-hybridized carbons (Fsp3) is 0.250. The van der Waals surface area contributed by atoms with Gasteiger partial charge in [-0.15, -0.1) is 11.3 Å². The smallest absolute Gasteiger partial charge is 0.195 e. The van der Waals surface area contributed by atoms with E-state index >= 15 is 0 Å². The molecule has 0 aliphatic rings. The summed E-state index contributed by atoms with van der Waals surface area (Å²) in [6.45, 7) is 3.86. The van der Waals surface area contributed by atoms with Crippen LogP contribution in [0.3, 0.4) is 0 Å². The molecule has 5 heteroatoms. The first-order chi connectivity index (χ1) is 8.21. The maximum atomic E-state index is 11.0. The van der Waals surface area contributed by atoms with E-state index in [4.69, 9.17) is 5.26 Å². The summed E-state index contributed by atoms with van der Waals surface area (Å²) in [4.78, 5) is 15.3. The van der Waals surface area contributed by atoms with Crippen molar-refractivity contribution in [3.63, 3.8) is 0 Å². The number of nitriles is 1. The van der Waals surface area contributed by atoms with Gasteiger partial charge in [0.25, 0.3) is 0 Å². The molecule has 2 aromatic rings. The largest absolute Gasteiger partial charge is 0.298 e. The molecule has 0 spiro atoms. The summed E-state index contributed by atoms with van der Waals surface area (Å²) in [7, 11) is 0. The number of nitrogens with zero attached hydrogens (tertiary/aromatic N) is 3. The van der Waals surface area contributed by atoms with Gasteiger partial charge in [0.05, 0.1) is 5.69 Å². The molecule has 0 aliphatic heterocycles. The van der Waals surface area contributed by atoms with Gasteiger partial charge in [-0.05, 0) is 19.4 Å². The summed E-state index contributed by atoms with van der Waals surface area (Å²) in [5, 5.41) is 11.8. The summed E-state index contributed by atoms with van der Waals surface area (Å²) >= 11 is 1.47. The van der Waals surface area contributed by atoms with Gasteiger partial charge in [-0.3, -0.25) is 9.36 Å². The molecular formula is C12H11N3OS. The maximum absolute atomic E-state index is 11.0. The van der Waals surface area contributed by atoms with E-state index < -0.39 is 0 Å². The van der Waals surface area contributed by atoms with Crippen LogP contribution in [-0.4, -0.2) is 15.8 Å². The highest BCUT2D eigenvalue weighted by Gasteiger charge is 2.16. The molecule has 0 atom stereocenters. The van der Waals surface area contributed by atoms with Crippen molar-refractivity contribution in [2.24, 2.45) is 0 Å². The number of carbonyl (C=O) groups excluding carboxylic acids is 1. The molecule has 2 rings (SSSR count). The molecule has 0 aliphatic carbocycles. The van der Waals surface area contributed by atoms with E-state index in [0.717, 1.165) is 22.8 Å². The Kier molecular flexibility index (Phi) is 3.07. The lowest BCUT2D eigenvalue weighted by molar-refractivity contribution is 0.112. The van der Waals surface area contributed by atoms with Gasteiger partial charge in [-0.25, -0.2) is 4.98 Å². The zero-order valence-electron chi connectivity index (χ0n) is 9.60. The molecule has 0 unspecified atom stereocenters. The average molecular weight is 245 g/mol. The number of aryl methyl sites for hydroxylation is 1. The molecule has 0 saturated heterocycles. The number of carbonyl (C=O) groups is 1. The Morgan fingerprint density at radius 1 is 1.65 bits per heavy atom. The third kappa shape index (κ3) is 1.87. The van der Waals surface area contributed by atoms with E-state index in [1.807, 2.05) is 19.2 Å². The molecule has 0 bridgehead atoms. The molecule has 0 aromatic carbocycles. The molecule has 0 amide bonds. The number of thiazole rings is 1. The van der Waals surface area contributed by atoms with Crippen LogP contribution in [0, 0.1) is 18.3 Å². The lowest BCUT2D eigenvalue weighted by Crippen LogP contribution is -2.02. The highest BCUT2D eigenvalue weighted by atomic mass is 32.1. The second-order valence-corrected chi connectivity index (χ2v) is 4.46. The van der Waals surface area contributed by atoms with Gasteiger partial charge < -0.3 is 0 Å². The standard InChI is InChI=1S/C12H11N3OS/c1-3-11-9(6-16)4-10(5-13)15(11)12-14-8(2)7-17-12/h4,6-7H,3H2,1-2H3. The monoisotopic (exact) mass is 245 g/mol. The van der Waals surface area contributed by atoms with Gasteiger partial charge in [0.15, 0.2) is 11.4 Å². The summed E-state index contributed by atoms with van der Waals surface area (Å²) in [5.74, 6) is 0. The maximum Gasteiger partial charge on any atom is 0.195 e. The minimum Gasteiger partial charge on any atom is -0.298 e. The Balaban J connectivity index is 2.70. The number of aldehydes is 1. The van der Waals surface area contributed by atoms with E-state index in [0.29, 0.717) is 17.7 Å². The van der Waals surface area contributed by atoms with Crippen molar-refractivity contribution in [2.45, 2.75) is 20.3 Å². The van der Waals surface area contributed by atoms with Crippen LogP contribution in [0.25, 0.3) is 5.13 Å². The molecule has 0 radical (unpaired) electrons. The van der Waals surface area contributed by atoms with Crippen molar-refractivity contribution in [1.29, 1.82) is 5.26 Å². The summed E-state index contributed by atoms with van der Waals surface area (Å²) in [6, 6.07) is 3.72. The van der Waals surface area contributed by atoms with Crippen LogP contribution in [0.2, 0.25) is 0 Å². The lowest BCUT2D eigenvalue weighted by Gasteiger charge is -2.05. The predicted molar refractivity (Wildman–Crippen MR) is 65.7 cm³/mol. The minimum absolute atomic E-state index is 0.457. The molecule has 0 N–H and O–H groups in total. The first-order valence-electron chi connectivity index (χ1n) is 5.23. The minimum atomic E-state index is 0.457. The number of rotatable bonds is 3. The van der Waals surface area contributed by atoms with Crippen molar-refractivity contribution in [2.75, 3.05) is 0 Å². The second-order valence-electron chi connectivity index (χ2n) is 3.62. The lowest BCUT2D eigenvalue weighted by atomic mass is 10.2. The van der Waals surface area contributed by atoms with Crippen LogP contribution in [0.5, 0.6) is 0 Å². The fourth-order valence-corrected chi connectivity index (χ4v) is 2.62. The zero-order chi connectivity index (χ0) is 12.4. The fourth-order valence-electron chi connectivity index (χ4n) is 1.78. The zero-order valence-corrected chi connectivity index (χ0v) is 10.4. The third-order valence-electron chi connectivity index (χ3n) is 2.51. The number of hydrogen-bond donors (Lipinski definition) is 0. The number of hydrogen-bond acceptors (Lipinski definition) is 4. The normalized spacial score (nSPS) is 10.2. The molecule has 86 valence electrons. The third-order valence-corrected chi connectivity index (χ3v) is 3.45. The summed E-state index contributed by atoms with van der Waals surface area (Å²) < 4.78 is 1.77. The average Bonchev–Trinajstić information content (AvgIpc) is 2.91. The quantitative estimate of drug-likeness (QED) is 0.780. The van der Waals surface area contributed by atoms with Gasteiger partial charge in [-0.2, -0.15) is 5.26 Å². The highest BCUT2D eigenvalue weighted by Crippen LogP contribution is 2.23. The number of aromatic nitrogens is 2. The van der Waals surface area contributed by atoms with Crippen molar-refractivity contribution in [1.82, 2.24) is 9.55 Å². The molecule has 2 aromatic heterocycles. The van der Waals surface area contributed by atoms with E-state index in [-0.39, 0.29) is 0 Å². The van der Waals surface area contributed by atoms with Crippen molar-refractivity contribution >= 4 is 17.6 Å². The summed E-state index contributed by atoms with van der Waals surface area (Å²) in [5.41, 5.74) is 2.78. The van der Waals surface area contributed by atoms with Gasteiger partial charge in [-0.1, -0.05) is 6.92 Å². The molecule has 17 heavy (non-hydrogen) atoms. The SMILES string of the molecule is CCc1c(C=O)cc(C#N)n1-c1nc(C)cs1. The van der Waals surface area contributed by atoms with Crippen LogP contribution in [0.1, 0.15) is 34.4 Å².